The van der Waals surface area contributed by atoms with Gasteiger partial charge in [-0.25, -0.2) is 0 Å². The average molecular weight is 211 g/mol. The molecule has 3 unspecified atom stereocenters. The largest absolute Gasteiger partial charge is 0.376 e. The van der Waals surface area contributed by atoms with Gasteiger partial charge in [0.1, 0.15) is 0 Å². The minimum absolute atomic E-state index is 0.355. The van der Waals surface area contributed by atoms with Gasteiger partial charge in [0.25, 0.3) is 0 Å². The van der Waals surface area contributed by atoms with Gasteiger partial charge in [0.15, 0.2) is 0 Å². The first-order valence-corrected chi connectivity index (χ1v) is 6.62. The lowest BCUT2D eigenvalue weighted by atomic mass is 9.74. The van der Waals surface area contributed by atoms with Crippen molar-refractivity contribution in [3.63, 3.8) is 0 Å². The first kappa shape index (κ1) is 11.4. The standard InChI is InChI=1S/C13H25NO/c1-2-11-4-3-6-13(7-5-11)8-9-15-12(13)10-14/h11-12H,2-10,14H2,1H3. The van der Waals surface area contributed by atoms with Crippen LogP contribution in [0, 0.1) is 11.3 Å². The third-order valence-corrected chi connectivity index (χ3v) is 4.73. The normalized spacial score (nSPS) is 42.0. The van der Waals surface area contributed by atoms with Crippen LogP contribution in [-0.4, -0.2) is 19.3 Å². The zero-order valence-corrected chi connectivity index (χ0v) is 10.0. The summed E-state index contributed by atoms with van der Waals surface area (Å²) in [5.74, 6) is 0.961. The Kier molecular flexibility index (Phi) is 3.68. The zero-order chi connectivity index (χ0) is 10.7. The maximum absolute atomic E-state index is 5.83. The van der Waals surface area contributed by atoms with Gasteiger partial charge in [-0.15, -0.1) is 0 Å². The van der Waals surface area contributed by atoms with Gasteiger partial charge in [0.05, 0.1) is 6.10 Å². The molecule has 0 radical (unpaired) electrons. The molecule has 0 amide bonds. The van der Waals surface area contributed by atoms with Crippen LogP contribution in [0.2, 0.25) is 0 Å². The fraction of sp³-hybridized carbons (Fsp3) is 1.00. The molecule has 2 fully saturated rings. The molecule has 88 valence electrons. The molecule has 2 aliphatic rings. The maximum Gasteiger partial charge on any atom is 0.0754 e. The summed E-state index contributed by atoms with van der Waals surface area (Å²) in [4.78, 5) is 0. The van der Waals surface area contributed by atoms with Crippen molar-refractivity contribution in [3.05, 3.63) is 0 Å². The van der Waals surface area contributed by atoms with E-state index in [0.29, 0.717) is 11.5 Å². The van der Waals surface area contributed by atoms with E-state index in [1.165, 1.54) is 44.9 Å². The Labute approximate surface area is 93.6 Å². The Morgan fingerprint density at radius 3 is 2.87 bits per heavy atom. The smallest absolute Gasteiger partial charge is 0.0754 e. The third kappa shape index (κ3) is 2.21. The van der Waals surface area contributed by atoms with Gasteiger partial charge in [-0.1, -0.05) is 26.2 Å². The molecule has 2 nitrogen and oxygen atoms in total. The number of hydrogen-bond donors (Lipinski definition) is 1. The average Bonchev–Trinajstić information content (AvgIpc) is 2.53. The van der Waals surface area contributed by atoms with Crippen LogP contribution < -0.4 is 5.73 Å². The van der Waals surface area contributed by atoms with Crippen molar-refractivity contribution in [1.82, 2.24) is 0 Å². The van der Waals surface area contributed by atoms with Crippen molar-refractivity contribution >= 4 is 0 Å². The highest BCUT2D eigenvalue weighted by Crippen LogP contribution is 2.47. The van der Waals surface area contributed by atoms with E-state index in [2.05, 4.69) is 6.92 Å². The molecule has 15 heavy (non-hydrogen) atoms. The second kappa shape index (κ2) is 4.84. The second-order valence-electron chi connectivity index (χ2n) is 5.41. The molecule has 2 heteroatoms. The second-order valence-corrected chi connectivity index (χ2v) is 5.41. The fourth-order valence-corrected chi connectivity index (χ4v) is 3.54. The van der Waals surface area contributed by atoms with E-state index in [1.54, 1.807) is 0 Å². The predicted molar refractivity (Wildman–Crippen MR) is 62.7 cm³/mol. The highest BCUT2D eigenvalue weighted by atomic mass is 16.5. The Bertz CT molecular complexity index is 207. The minimum atomic E-state index is 0.355. The summed E-state index contributed by atoms with van der Waals surface area (Å²) >= 11 is 0. The summed E-state index contributed by atoms with van der Waals surface area (Å²) in [6.07, 6.45) is 9.88. The lowest BCUT2D eigenvalue weighted by Gasteiger charge is -2.32. The van der Waals surface area contributed by atoms with Gasteiger partial charge in [-0.2, -0.15) is 0 Å². The van der Waals surface area contributed by atoms with Gasteiger partial charge in [0.2, 0.25) is 0 Å². The van der Waals surface area contributed by atoms with Crippen LogP contribution in [0.3, 0.4) is 0 Å². The summed E-state index contributed by atoms with van der Waals surface area (Å²) in [5, 5.41) is 0. The van der Waals surface area contributed by atoms with E-state index in [9.17, 15) is 0 Å². The molecular weight excluding hydrogens is 186 g/mol. The maximum atomic E-state index is 5.83. The Balaban J connectivity index is 2.02. The van der Waals surface area contributed by atoms with Crippen LogP contribution in [0.15, 0.2) is 0 Å². The number of hydrogen-bond acceptors (Lipinski definition) is 2. The minimum Gasteiger partial charge on any atom is -0.376 e. The van der Waals surface area contributed by atoms with Gasteiger partial charge in [-0.3, -0.25) is 0 Å². The highest BCUT2D eigenvalue weighted by Gasteiger charge is 2.43. The third-order valence-electron chi connectivity index (χ3n) is 4.73. The molecule has 2 rings (SSSR count). The van der Waals surface area contributed by atoms with E-state index in [0.717, 1.165) is 19.1 Å². The lowest BCUT2D eigenvalue weighted by Crippen LogP contribution is -2.36. The van der Waals surface area contributed by atoms with Crippen LogP contribution in [0.5, 0.6) is 0 Å². The van der Waals surface area contributed by atoms with Gasteiger partial charge in [-0.05, 0) is 31.6 Å². The molecule has 1 heterocycles. The first-order chi connectivity index (χ1) is 7.30. The van der Waals surface area contributed by atoms with Crippen molar-refractivity contribution in [3.8, 4) is 0 Å². The van der Waals surface area contributed by atoms with Crippen LogP contribution >= 0.6 is 0 Å². The SMILES string of the molecule is CCC1CCCC2(CCOC2CN)CC1. The number of rotatable bonds is 2. The van der Waals surface area contributed by atoms with Gasteiger partial charge >= 0.3 is 0 Å². The molecule has 0 aromatic carbocycles. The topological polar surface area (TPSA) is 35.2 Å². The van der Waals surface area contributed by atoms with Gasteiger partial charge < -0.3 is 10.5 Å². The summed E-state index contributed by atoms with van der Waals surface area (Å²) in [7, 11) is 0. The first-order valence-electron chi connectivity index (χ1n) is 6.62. The van der Waals surface area contributed by atoms with Crippen LogP contribution in [-0.2, 0) is 4.74 Å². The van der Waals surface area contributed by atoms with Crippen molar-refractivity contribution in [2.45, 2.75) is 58.0 Å². The molecule has 0 aromatic rings. The lowest BCUT2D eigenvalue weighted by molar-refractivity contribution is 0.0466. The van der Waals surface area contributed by atoms with E-state index < -0.39 is 0 Å². The summed E-state index contributed by atoms with van der Waals surface area (Å²) < 4.78 is 5.79. The van der Waals surface area contributed by atoms with Crippen molar-refractivity contribution in [1.29, 1.82) is 0 Å². The van der Waals surface area contributed by atoms with Crippen molar-refractivity contribution in [2.75, 3.05) is 13.2 Å². The quantitative estimate of drug-likeness (QED) is 0.762. The Hall–Kier alpha value is -0.0800. The molecule has 1 saturated heterocycles. The summed E-state index contributed by atoms with van der Waals surface area (Å²) in [5.41, 5.74) is 6.29. The molecule has 1 aliphatic heterocycles. The fourth-order valence-electron chi connectivity index (χ4n) is 3.54. The monoisotopic (exact) mass is 211 g/mol. The molecule has 0 bridgehead atoms. The predicted octanol–water partition coefficient (Wildman–Crippen LogP) is 2.71. The van der Waals surface area contributed by atoms with Crippen LogP contribution in [0.1, 0.15) is 51.9 Å². The molecule has 1 aliphatic carbocycles. The van der Waals surface area contributed by atoms with Crippen molar-refractivity contribution < 1.29 is 4.74 Å². The molecule has 2 N–H and O–H groups in total. The van der Waals surface area contributed by atoms with E-state index in [-0.39, 0.29) is 0 Å². The summed E-state index contributed by atoms with van der Waals surface area (Å²) in [6.45, 7) is 3.99. The molecule has 3 atom stereocenters. The molecule has 1 spiro atoms. The molecular formula is C13H25NO. The van der Waals surface area contributed by atoms with Gasteiger partial charge in [0, 0.05) is 18.6 Å². The Morgan fingerprint density at radius 2 is 2.13 bits per heavy atom. The van der Waals surface area contributed by atoms with Crippen LogP contribution in [0.25, 0.3) is 0 Å². The number of nitrogens with two attached hydrogens (primary N) is 1. The Morgan fingerprint density at radius 1 is 1.27 bits per heavy atom. The van der Waals surface area contributed by atoms with E-state index in [4.69, 9.17) is 10.5 Å². The molecule has 0 aromatic heterocycles. The summed E-state index contributed by atoms with van der Waals surface area (Å²) in [6, 6.07) is 0. The van der Waals surface area contributed by atoms with Crippen LogP contribution in [0.4, 0.5) is 0 Å². The van der Waals surface area contributed by atoms with E-state index >= 15 is 0 Å². The van der Waals surface area contributed by atoms with E-state index in [1.807, 2.05) is 0 Å². The number of ether oxygens (including phenoxy) is 1. The molecule has 1 saturated carbocycles. The highest BCUT2D eigenvalue weighted by molar-refractivity contribution is 4.94. The zero-order valence-electron chi connectivity index (χ0n) is 10.0. The van der Waals surface area contributed by atoms with Crippen molar-refractivity contribution in [2.24, 2.45) is 17.1 Å².